The van der Waals surface area contributed by atoms with E-state index in [2.05, 4.69) is 10.1 Å². The second-order valence-corrected chi connectivity index (χ2v) is 2.59. The van der Waals surface area contributed by atoms with E-state index < -0.39 is 0 Å². The maximum Gasteiger partial charge on any atom is 0.166 e. The number of hydrogen-bond donors (Lipinski definition) is 0. The second kappa shape index (κ2) is 4.71. The van der Waals surface area contributed by atoms with Crippen LogP contribution in [0.15, 0.2) is 10.1 Å². The average Bonchev–Trinajstić information content (AvgIpc) is 1.86. The first-order valence-electron chi connectivity index (χ1n) is 3.43. The van der Waals surface area contributed by atoms with E-state index >= 15 is 0 Å². The van der Waals surface area contributed by atoms with E-state index in [1.54, 1.807) is 18.3 Å². The number of aliphatic imine (C=N–C) groups is 1. The summed E-state index contributed by atoms with van der Waals surface area (Å²) in [6.07, 6.45) is 1.72. The molecule has 0 atom stereocenters. The Morgan fingerprint density at radius 3 is 2.00 bits per heavy atom. The summed E-state index contributed by atoms with van der Waals surface area (Å²) in [7, 11) is 9.36. The third-order valence-corrected chi connectivity index (χ3v) is 1.01. The summed E-state index contributed by atoms with van der Waals surface area (Å²) in [6, 6.07) is 0. The maximum absolute atomic E-state index is 4.19. The number of hydrogen-bond acceptors (Lipinski definition) is 3. The van der Waals surface area contributed by atoms with Crippen molar-refractivity contribution in [2.75, 3.05) is 35.2 Å². The van der Waals surface area contributed by atoms with E-state index in [4.69, 9.17) is 0 Å². The average molecular weight is 156 g/mol. The van der Waals surface area contributed by atoms with Crippen LogP contribution in [-0.2, 0) is 0 Å². The van der Waals surface area contributed by atoms with Gasteiger partial charge in [0.05, 0.1) is 6.21 Å². The molecular weight excluding hydrogens is 140 g/mol. The van der Waals surface area contributed by atoms with Gasteiger partial charge in [-0.15, -0.1) is 0 Å². The zero-order chi connectivity index (χ0) is 8.85. The van der Waals surface area contributed by atoms with Gasteiger partial charge in [-0.2, -0.15) is 5.10 Å². The van der Waals surface area contributed by atoms with Gasteiger partial charge >= 0.3 is 0 Å². The van der Waals surface area contributed by atoms with Crippen LogP contribution in [0.3, 0.4) is 0 Å². The Bertz CT molecular complexity index is 158. The van der Waals surface area contributed by atoms with Crippen LogP contribution in [-0.4, -0.2) is 57.2 Å². The van der Waals surface area contributed by atoms with Crippen molar-refractivity contribution < 1.29 is 0 Å². The predicted octanol–water partition coefficient (Wildman–Crippen LogP) is 0.124. The molecule has 0 rings (SSSR count). The molecule has 64 valence electrons. The molecule has 0 bridgehead atoms. The predicted molar refractivity (Wildman–Crippen MR) is 49.2 cm³/mol. The summed E-state index contributed by atoms with van der Waals surface area (Å²) < 4.78 is 0. The van der Waals surface area contributed by atoms with E-state index in [1.165, 1.54) is 0 Å². The van der Waals surface area contributed by atoms with Crippen LogP contribution < -0.4 is 0 Å². The highest BCUT2D eigenvalue weighted by Gasteiger charge is 1.96. The van der Waals surface area contributed by atoms with E-state index in [-0.39, 0.29) is 0 Å². The van der Waals surface area contributed by atoms with E-state index in [0.717, 1.165) is 5.84 Å². The molecule has 0 fully saturated rings. The van der Waals surface area contributed by atoms with Gasteiger partial charge in [0, 0.05) is 35.2 Å². The summed E-state index contributed by atoms with van der Waals surface area (Å²) in [5.74, 6) is 0.845. The van der Waals surface area contributed by atoms with Gasteiger partial charge in [-0.05, 0) is 0 Å². The lowest BCUT2D eigenvalue weighted by molar-refractivity contribution is 0.427. The van der Waals surface area contributed by atoms with Gasteiger partial charge in [-0.25, -0.2) is 0 Å². The van der Waals surface area contributed by atoms with Crippen LogP contribution in [0.4, 0.5) is 0 Å². The summed E-state index contributed by atoms with van der Waals surface area (Å²) in [5.41, 5.74) is 0. The smallest absolute Gasteiger partial charge is 0.166 e. The molecule has 0 aromatic rings. The molecule has 4 nitrogen and oxygen atoms in total. The fourth-order valence-corrected chi connectivity index (χ4v) is 0.551. The highest BCUT2D eigenvalue weighted by molar-refractivity contribution is 6.29. The molecule has 0 spiro atoms. The van der Waals surface area contributed by atoms with Gasteiger partial charge in [-0.1, -0.05) is 0 Å². The molecule has 0 radical (unpaired) electrons. The highest BCUT2D eigenvalue weighted by Crippen LogP contribution is 1.83. The van der Waals surface area contributed by atoms with Crippen molar-refractivity contribution in [1.82, 2.24) is 9.91 Å². The van der Waals surface area contributed by atoms with Crippen molar-refractivity contribution in [3.8, 4) is 0 Å². The van der Waals surface area contributed by atoms with Gasteiger partial charge < -0.3 is 9.91 Å². The number of hydrazone groups is 1. The Morgan fingerprint density at radius 2 is 1.73 bits per heavy atom. The molecule has 0 N–H and O–H groups in total. The molecule has 0 aliphatic heterocycles. The van der Waals surface area contributed by atoms with Gasteiger partial charge in [0.15, 0.2) is 5.84 Å². The first kappa shape index (κ1) is 9.94. The van der Waals surface area contributed by atoms with E-state index in [0.29, 0.717) is 0 Å². The van der Waals surface area contributed by atoms with Crippen LogP contribution in [0, 0.1) is 0 Å². The highest BCUT2D eigenvalue weighted by atomic mass is 15.4. The van der Waals surface area contributed by atoms with Crippen molar-refractivity contribution in [3.63, 3.8) is 0 Å². The van der Waals surface area contributed by atoms with Crippen molar-refractivity contribution >= 4 is 12.1 Å². The lowest BCUT2D eigenvalue weighted by Gasteiger charge is -2.13. The topological polar surface area (TPSA) is 31.2 Å². The molecule has 0 aromatic carbocycles. The molecule has 0 heterocycles. The molecule has 0 saturated carbocycles. The minimum atomic E-state index is 0.845. The van der Waals surface area contributed by atoms with Gasteiger partial charge in [0.25, 0.3) is 0 Å². The summed E-state index contributed by atoms with van der Waals surface area (Å²) in [4.78, 5) is 5.80. The van der Waals surface area contributed by atoms with Gasteiger partial charge in [0.1, 0.15) is 0 Å². The van der Waals surface area contributed by atoms with Crippen LogP contribution in [0.25, 0.3) is 0 Å². The molecule has 0 saturated heterocycles. The Balaban J connectivity index is 4.33. The van der Waals surface area contributed by atoms with Crippen molar-refractivity contribution in [1.29, 1.82) is 0 Å². The molecule has 0 amide bonds. The number of nitrogens with zero attached hydrogens (tertiary/aromatic N) is 4. The van der Waals surface area contributed by atoms with Crippen LogP contribution >= 0.6 is 0 Å². The van der Waals surface area contributed by atoms with Crippen molar-refractivity contribution in [2.45, 2.75) is 0 Å². The van der Waals surface area contributed by atoms with E-state index in [1.807, 2.05) is 33.1 Å². The maximum atomic E-state index is 4.19. The molecular formula is C7H16N4. The molecule has 0 aromatic heterocycles. The van der Waals surface area contributed by atoms with Gasteiger partial charge in [-0.3, -0.25) is 4.99 Å². The van der Waals surface area contributed by atoms with Crippen LogP contribution in [0.1, 0.15) is 0 Å². The third-order valence-electron chi connectivity index (χ3n) is 1.01. The first-order valence-corrected chi connectivity index (χ1v) is 3.43. The molecule has 4 heteroatoms. The number of amidine groups is 1. The zero-order valence-electron chi connectivity index (χ0n) is 7.87. The molecule has 0 aliphatic rings. The monoisotopic (exact) mass is 156 g/mol. The Labute approximate surface area is 68.2 Å². The Hall–Kier alpha value is -1.06. The Kier molecular flexibility index (Phi) is 4.26. The summed E-state index contributed by atoms with van der Waals surface area (Å²) in [6.45, 7) is 0. The van der Waals surface area contributed by atoms with Crippen LogP contribution in [0.2, 0.25) is 0 Å². The van der Waals surface area contributed by atoms with Gasteiger partial charge in [0.2, 0.25) is 0 Å². The van der Waals surface area contributed by atoms with Crippen molar-refractivity contribution in [3.05, 3.63) is 0 Å². The quantitative estimate of drug-likeness (QED) is 0.323. The zero-order valence-corrected chi connectivity index (χ0v) is 7.87. The summed E-state index contributed by atoms with van der Waals surface area (Å²) in [5, 5.41) is 5.94. The van der Waals surface area contributed by atoms with Crippen molar-refractivity contribution in [2.24, 2.45) is 10.1 Å². The van der Waals surface area contributed by atoms with Crippen LogP contribution in [0.5, 0.6) is 0 Å². The SMILES string of the molecule is CN=C/C(=N\N(C)C)N(C)C. The fraction of sp³-hybridized carbons (Fsp3) is 0.714. The molecule has 11 heavy (non-hydrogen) atoms. The largest absolute Gasteiger partial charge is 0.360 e. The first-order chi connectivity index (χ1) is 5.07. The Morgan fingerprint density at radius 1 is 1.18 bits per heavy atom. The minimum absolute atomic E-state index is 0.845. The molecule has 0 aliphatic carbocycles. The fourth-order valence-electron chi connectivity index (χ4n) is 0.551. The third kappa shape index (κ3) is 4.36. The number of rotatable bonds is 2. The van der Waals surface area contributed by atoms with E-state index in [9.17, 15) is 0 Å². The second-order valence-electron chi connectivity index (χ2n) is 2.59. The normalized spacial score (nSPS) is 12.3. The lowest BCUT2D eigenvalue weighted by Crippen LogP contribution is -2.25. The lowest BCUT2D eigenvalue weighted by atomic mass is 10.6. The molecule has 0 unspecified atom stereocenters. The standard InChI is InChI=1S/C7H16N4/c1-8-6-7(10(2)3)9-11(4)5/h6H,1-5H3/b8-6?,9-7+. The summed E-state index contributed by atoms with van der Waals surface area (Å²) >= 11 is 0. The minimum Gasteiger partial charge on any atom is -0.360 e.